The van der Waals surface area contributed by atoms with Gasteiger partial charge >= 0.3 is 12.3 Å². The minimum absolute atomic E-state index is 0.233. The molecule has 0 N–H and O–H groups in total. The van der Waals surface area contributed by atoms with Gasteiger partial charge in [-0.1, -0.05) is 0 Å². The Morgan fingerprint density at radius 1 is 1.45 bits per heavy atom. The van der Waals surface area contributed by atoms with Crippen LogP contribution in [0.15, 0.2) is 18.2 Å². The molecule has 9 heteroatoms. The Bertz CT molecular complexity index is 533. The van der Waals surface area contributed by atoms with Gasteiger partial charge in [-0.25, -0.2) is 8.78 Å². The van der Waals surface area contributed by atoms with Gasteiger partial charge in [0.2, 0.25) is 0 Å². The Kier molecular flexibility index (Phi) is 4.64. The molecule has 0 saturated carbocycles. The molecule has 0 heterocycles. The van der Waals surface area contributed by atoms with Crippen LogP contribution >= 0.6 is 0 Å². The molecule has 0 fully saturated rings. The van der Waals surface area contributed by atoms with E-state index in [0.29, 0.717) is 0 Å². The Morgan fingerprint density at radius 2 is 2.05 bits per heavy atom. The lowest BCUT2D eigenvalue weighted by molar-refractivity contribution is -0.385. The average Bonchev–Trinajstić information content (AvgIpc) is 2.35. The molecule has 0 amide bonds. The first-order valence-corrected chi connectivity index (χ1v) is 5.23. The third-order valence-corrected chi connectivity index (χ3v) is 2.30. The Hall–Kier alpha value is -2.19. The molecule has 1 aromatic carbocycles. The van der Waals surface area contributed by atoms with Crippen molar-refractivity contribution in [1.82, 2.24) is 0 Å². The van der Waals surface area contributed by atoms with E-state index in [-0.39, 0.29) is 5.56 Å². The predicted octanol–water partition coefficient (Wildman–Crippen LogP) is 3.08. The predicted molar refractivity (Wildman–Crippen MR) is 59.5 cm³/mol. The van der Waals surface area contributed by atoms with E-state index in [0.717, 1.165) is 25.1 Å². The SMILES string of the molecule is CC(=O)c1ccc(OCC(F)(F)C(F)F)cc1[N+](=O)[O-]. The minimum Gasteiger partial charge on any atom is -0.487 e. The molecular weight excluding hydrogens is 286 g/mol. The second-order valence-corrected chi connectivity index (χ2v) is 3.84. The number of hydrogen-bond acceptors (Lipinski definition) is 4. The van der Waals surface area contributed by atoms with Crippen LogP contribution in [0.5, 0.6) is 5.75 Å². The number of benzene rings is 1. The molecule has 0 aliphatic carbocycles. The van der Waals surface area contributed by atoms with E-state index in [1.54, 1.807) is 0 Å². The van der Waals surface area contributed by atoms with Crippen LogP contribution in [0.4, 0.5) is 23.2 Å². The minimum atomic E-state index is -4.37. The fraction of sp³-hybridized carbons (Fsp3) is 0.364. The first kappa shape index (κ1) is 15.9. The van der Waals surface area contributed by atoms with Crippen LogP contribution in [0.1, 0.15) is 17.3 Å². The van der Waals surface area contributed by atoms with Crippen LogP contribution in [0, 0.1) is 10.1 Å². The summed E-state index contributed by atoms with van der Waals surface area (Å²) in [4.78, 5) is 20.9. The molecule has 0 bridgehead atoms. The van der Waals surface area contributed by atoms with Gasteiger partial charge in [0.15, 0.2) is 12.4 Å². The van der Waals surface area contributed by atoms with Gasteiger partial charge in [-0.3, -0.25) is 14.9 Å². The molecule has 0 aromatic heterocycles. The number of ether oxygens (including phenoxy) is 1. The molecule has 0 spiro atoms. The molecule has 0 aliphatic heterocycles. The number of Topliss-reactive ketones (excluding diaryl/α,β-unsaturated/α-hetero) is 1. The van der Waals surface area contributed by atoms with Crippen molar-refractivity contribution >= 4 is 11.5 Å². The summed E-state index contributed by atoms with van der Waals surface area (Å²) in [5.41, 5.74) is -0.877. The van der Waals surface area contributed by atoms with Gasteiger partial charge in [-0.05, 0) is 19.1 Å². The number of alkyl halides is 4. The van der Waals surface area contributed by atoms with Crippen LogP contribution in [0.25, 0.3) is 0 Å². The fourth-order valence-electron chi connectivity index (χ4n) is 1.29. The molecule has 5 nitrogen and oxygen atoms in total. The molecule has 0 saturated heterocycles. The zero-order chi connectivity index (χ0) is 15.5. The van der Waals surface area contributed by atoms with E-state index in [9.17, 15) is 32.5 Å². The molecule has 0 atom stereocenters. The van der Waals surface area contributed by atoms with Crippen LogP contribution in [0.2, 0.25) is 0 Å². The number of carbonyl (C=O) groups is 1. The highest BCUT2D eigenvalue weighted by Crippen LogP contribution is 2.28. The average molecular weight is 295 g/mol. The van der Waals surface area contributed by atoms with Crippen LogP contribution in [0.3, 0.4) is 0 Å². The lowest BCUT2D eigenvalue weighted by atomic mass is 10.1. The Morgan fingerprint density at radius 3 is 2.50 bits per heavy atom. The van der Waals surface area contributed by atoms with Crippen LogP contribution < -0.4 is 4.74 Å². The number of nitro benzene ring substituents is 1. The number of nitro groups is 1. The zero-order valence-corrected chi connectivity index (χ0v) is 10.1. The normalized spacial score (nSPS) is 11.5. The van der Waals surface area contributed by atoms with Crippen LogP contribution in [-0.2, 0) is 0 Å². The maximum Gasteiger partial charge on any atom is 0.340 e. The molecule has 1 rings (SSSR count). The van der Waals surface area contributed by atoms with Crippen molar-refractivity contribution in [3.8, 4) is 5.75 Å². The Balaban J connectivity index is 2.96. The van der Waals surface area contributed by atoms with Crippen LogP contribution in [-0.4, -0.2) is 29.7 Å². The molecule has 1 aromatic rings. The third kappa shape index (κ3) is 3.65. The number of ketones is 1. The van der Waals surface area contributed by atoms with Crippen molar-refractivity contribution in [3.63, 3.8) is 0 Å². The summed E-state index contributed by atoms with van der Waals surface area (Å²) in [5, 5.41) is 10.7. The highest BCUT2D eigenvalue weighted by molar-refractivity contribution is 5.98. The number of rotatable bonds is 6. The molecule has 0 radical (unpaired) electrons. The first-order valence-electron chi connectivity index (χ1n) is 5.23. The highest BCUT2D eigenvalue weighted by atomic mass is 19.3. The van der Waals surface area contributed by atoms with Gasteiger partial charge in [-0.15, -0.1) is 0 Å². The van der Waals surface area contributed by atoms with Crippen molar-refractivity contribution in [2.75, 3.05) is 6.61 Å². The molecule has 0 aliphatic rings. The summed E-state index contributed by atoms with van der Waals surface area (Å²) in [6.45, 7) is -0.533. The van der Waals surface area contributed by atoms with E-state index in [1.807, 2.05) is 0 Å². The number of halogens is 4. The number of hydrogen-bond donors (Lipinski definition) is 0. The van der Waals surface area contributed by atoms with Crippen molar-refractivity contribution in [2.24, 2.45) is 0 Å². The van der Waals surface area contributed by atoms with Gasteiger partial charge in [0.25, 0.3) is 5.69 Å². The summed E-state index contributed by atoms with van der Waals surface area (Å²) >= 11 is 0. The van der Waals surface area contributed by atoms with E-state index in [4.69, 9.17) is 0 Å². The second-order valence-electron chi connectivity index (χ2n) is 3.84. The van der Waals surface area contributed by atoms with Gasteiger partial charge in [0.1, 0.15) is 5.75 Å². The molecule has 0 unspecified atom stereocenters. The zero-order valence-electron chi connectivity index (χ0n) is 10.1. The monoisotopic (exact) mass is 295 g/mol. The standard InChI is InChI=1S/C11H9F4NO4/c1-6(17)8-3-2-7(4-9(8)16(18)19)20-5-11(14,15)10(12)13/h2-4,10H,5H2,1H3. The molecular formula is C11H9F4NO4. The van der Waals surface area contributed by atoms with Crippen molar-refractivity contribution in [1.29, 1.82) is 0 Å². The van der Waals surface area contributed by atoms with Crippen molar-refractivity contribution in [3.05, 3.63) is 33.9 Å². The summed E-state index contributed by atoms with van der Waals surface area (Å²) in [5.74, 6) is -5.36. The second kappa shape index (κ2) is 5.85. The topological polar surface area (TPSA) is 69.4 Å². The fourth-order valence-corrected chi connectivity index (χ4v) is 1.29. The lowest BCUT2D eigenvalue weighted by Crippen LogP contribution is -2.33. The van der Waals surface area contributed by atoms with Gasteiger partial charge in [0, 0.05) is 0 Å². The molecule has 110 valence electrons. The van der Waals surface area contributed by atoms with E-state index in [1.165, 1.54) is 0 Å². The van der Waals surface area contributed by atoms with E-state index >= 15 is 0 Å². The summed E-state index contributed by atoms with van der Waals surface area (Å²) in [6, 6.07) is 2.76. The first-order chi connectivity index (χ1) is 9.15. The Labute approximate surface area is 110 Å². The van der Waals surface area contributed by atoms with Crippen molar-refractivity contribution in [2.45, 2.75) is 19.3 Å². The summed E-state index contributed by atoms with van der Waals surface area (Å²) in [6.07, 6.45) is -3.91. The largest absolute Gasteiger partial charge is 0.487 e. The number of carbonyl (C=O) groups excluding carboxylic acids is 1. The number of nitrogens with zero attached hydrogens (tertiary/aromatic N) is 1. The maximum atomic E-state index is 12.6. The summed E-state index contributed by atoms with van der Waals surface area (Å²) in [7, 11) is 0. The van der Waals surface area contributed by atoms with Gasteiger partial charge in [-0.2, -0.15) is 8.78 Å². The maximum absolute atomic E-state index is 12.6. The van der Waals surface area contributed by atoms with Gasteiger partial charge in [0.05, 0.1) is 16.6 Å². The quantitative estimate of drug-likeness (QED) is 0.350. The molecule has 20 heavy (non-hydrogen) atoms. The summed E-state index contributed by atoms with van der Waals surface area (Å²) < 4.78 is 53.5. The van der Waals surface area contributed by atoms with E-state index in [2.05, 4.69) is 4.74 Å². The van der Waals surface area contributed by atoms with E-state index < -0.39 is 41.1 Å². The smallest absolute Gasteiger partial charge is 0.340 e. The third-order valence-electron chi connectivity index (χ3n) is 2.30. The van der Waals surface area contributed by atoms with Gasteiger partial charge < -0.3 is 4.74 Å². The lowest BCUT2D eigenvalue weighted by Gasteiger charge is -2.16. The highest BCUT2D eigenvalue weighted by Gasteiger charge is 2.41. The van der Waals surface area contributed by atoms with Crippen molar-refractivity contribution < 1.29 is 32.0 Å².